The van der Waals surface area contributed by atoms with Crippen LogP contribution in [0.2, 0.25) is 0 Å². The molecule has 0 spiro atoms. The van der Waals surface area contributed by atoms with Crippen molar-refractivity contribution < 1.29 is 5.11 Å². The van der Waals surface area contributed by atoms with E-state index in [-0.39, 0.29) is 6.04 Å². The van der Waals surface area contributed by atoms with Gasteiger partial charge in [0, 0.05) is 12.1 Å². The van der Waals surface area contributed by atoms with Crippen molar-refractivity contribution in [2.75, 3.05) is 13.6 Å². The Bertz CT molecular complexity index is 340. The van der Waals surface area contributed by atoms with E-state index in [1.807, 2.05) is 12.1 Å². The molecule has 15 heavy (non-hydrogen) atoms. The summed E-state index contributed by atoms with van der Waals surface area (Å²) in [5, 5.41) is 9.45. The summed E-state index contributed by atoms with van der Waals surface area (Å²) >= 11 is 0. The molecule has 82 valence electrons. The Hall–Kier alpha value is -1.06. The Morgan fingerprint density at radius 1 is 1.47 bits per heavy atom. The molecule has 0 aliphatic carbocycles. The van der Waals surface area contributed by atoms with Crippen LogP contribution in [0.4, 0.5) is 0 Å². The monoisotopic (exact) mass is 206 g/mol. The van der Waals surface area contributed by atoms with Crippen molar-refractivity contribution in [2.24, 2.45) is 5.73 Å². The van der Waals surface area contributed by atoms with Crippen molar-refractivity contribution in [3.63, 3.8) is 0 Å². The summed E-state index contributed by atoms with van der Waals surface area (Å²) in [6.45, 7) is 1.03. The molecular weight excluding hydrogens is 188 g/mol. The molecular formula is C12H18N2O. The van der Waals surface area contributed by atoms with E-state index in [0.717, 1.165) is 24.9 Å². The maximum atomic E-state index is 9.45. The molecule has 1 aliphatic rings. The SMILES string of the molecule is CN1CCC(N)CC1c1cccc(O)c1. The fourth-order valence-electron chi connectivity index (χ4n) is 2.23. The zero-order valence-corrected chi connectivity index (χ0v) is 9.06. The quantitative estimate of drug-likeness (QED) is 0.732. The van der Waals surface area contributed by atoms with Gasteiger partial charge in [0.1, 0.15) is 5.75 Å². The number of rotatable bonds is 1. The summed E-state index contributed by atoms with van der Waals surface area (Å²) in [4.78, 5) is 2.30. The van der Waals surface area contributed by atoms with Crippen molar-refractivity contribution in [2.45, 2.75) is 24.9 Å². The van der Waals surface area contributed by atoms with Crippen LogP contribution in [0, 0.1) is 0 Å². The van der Waals surface area contributed by atoms with Gasteiger partial charge >= 0.3 is 0 Å². The molecule has 0 aromatic heterocycles. The molecule has 3 N–H and O–H groups in total. The van der Waals surface area contributed by atoms with Gasteiger partial charge in [0.2, 0.25) is 0 Å². The van der Waals surface area contributed by atoms with E-state index in [2.05, 4.69) is 18.0 Å². The molecule has 0 bridgehead atoms. The topological polar surface area (TPSA) is 49.5 Å². The number of aromatic hydroxyl groups is 1. The van der Waals surface area contributed by atoms with Crippen molar-refractivity contribution in [1.29, 1.82) is 0 Å². The second kappa shape index (κ2) is 4.21. The summed E-state index contributed by atoms with van der Waals surface area (Å²) in [5.74, 6) is 0.333. The van der Waals surface area contributed by atoms with Gasteiger partial charge in [-0.1, -0.05) is 12.1 Å². The average Bonchev–Trinajstić information content (AvgIpc) is 2.22. The van der Waals surface area contributed by atoms with Crippen molar-refractivity contribution in [1.82, 2.24) is 4.90 Å². The van der Waals surface area contributed by atoms with E-state index >= 15 is 0 Å². The van der Waals surface area contributed by atoms with Gasteiger partial charge in [0.25, 0.3) is 0 Å². The molecule has 1 aromatic rings. The van der Waals surface area contributed by atoms with Gasteiger partial charge < -0.3 is 10.8 Å². The van der Waals surface area contributed by atoms with Crippen LogP contribution in [0.1, 0.15) is 24.4 Å². The summed E-state index contributed by atoms with van der Waals surface area (Å²) in [6, 6.07) is 8.11. The molecule has 0 amide bonds. The van der Waals surface area contributed by atoms with Crippen LogP contribution in [-0.4, -0.2) is 29.6 Å². The fourth-order valence-corrected chi connectivity index (χ4v) is 2.23. The molecule has 0 saturated carbocycles. The maximum absolute atomic E-state index is 9.45. The number of phenolic OH excluding ortho intramolecular Hbond substituents is 1. The highest BCUT2D eigenvalue weighted by molar-refractivity contribution is 5.29. The Morgan fingerprint density at radius 3 is 3.00 bits per heavy atom. The number of nitrogens with two attached hydrogens (primary N) is 1. The smallest absolute Gasteiger partial charge is 0.115 e. The molecule has 2 rings (SSSR count). The third kappa shape index (κ3) is 2.30. The molecule has 1 aromatic carbocycles. The number of hydrogen-bond donors (Lipinski definition) is 2. The van der Waals surface area contributed by atoms with Gasteiger partial charge in [-0.05, 0) is 44.1 Å². The third-order valence-corrected chi connectivity index (χ3v) is 3.17. The van der Waals surface area contributed by atoms with Gasteiger partial charge in [-0.25, -0.2) is 0 Å². The van der Waals surface area contributed by atoms with Crippen LogP contribution in [-0.2, 0) is 0 Å². The first kappa shape index (κ1) is 10.5. The predicted octanol–water partition coefficient (Wildman–Crippen LogP) is 1.49. The number of benzene rings is 1. The van der Waals surface area contributed by atoms with Crippen LogP contribution < -0.4 is 5.73 Å². The van der Waals surface area contributed by atoms with E-state index < -0.39 is 0 Å². The van der Waals surface area contributed by atoms with E-state index in [4.69, 9.17) is 5.73 Å². The van der Waals surface area contributed by atoms with E-state index in [0.29, 0.717) is 11.8 Å². The first-order chi connectivity index (χ1) is 7.16. The lowest BCUT2D eigenvalue weighted by molar-refractivity contribution is 0.171. The van der Waals surface area contributed by atoms with Crippen molar-refractivity contribution in [3.8, 4) is 5.75 Å². The molecule has 2 unspecified atom stereocenters. The van der Waals surface area contributed by atoms with E-state index in [9.17, 15) is 5.11 Å². The first-order valence-corrected chi connectivity index (χ1v) is 5.41. The zero-order valence-electron chi connectivity index (χ0n) is 9.06. The van der Waals surface area contributed by atoms with Gasteiger partial charge in [-0.3, -0.25) is 4.90 Å². The van der Waals surface area contributed by atoms with E-state index in [1.165, 1.54) is 0 Å². The minimum absolute atomic E-state index is 0.286. The largest absolute Gasteiger partial charge is 0.508 e. The molecule has 1 heterocycles. The van der Waals surface area contributed by atoms with Gasteiger partial charge in [0.05, 0.1) is 0 Å². The first-order valence-electron chi connectivity index (χ1n) is 5.41. The number of phenols is 1. The molecule has 0 radical (unpaired) electrons. The summed E-state index contributed by atoms with van der Waals surface area (Å²) in [5.41, 5.74) is 7.13. The normalized spacial score (nSPS) is 27.9. The number of hydrogen-bond acceptors (Lipinski definition) is 3. The molecule has 3 nitrogen and oxygen atoms in total. The fraction of sp³-hybridized carbons (Fsp3) is 0.500. The van der Waals surface area contributed by atoms with Crippen LogP contribution in [0.5, 0.6) is 5.75 Å². The molecule has 2 atom stereocenters. The van der Waals surface area contributed by atoms with Crippen LogP contribution >= 0.6 is 0 Å². The lowest BCUT2D eigenvalue weighted by atomic mass is 9.93. The van der Waals surface area contributed by atoms with Gasteiger partial charge in [0.15, 0.2) is 0 Å². The minimum atomic E-state index is 0.286. The third-order valence-electron chi connectivity index (χ3n) is 3.17. The predicted molar refractivity (Wildman–Crippen MR) is 60.7 cm³/mol. The lowest BCUT2D eigenvalue weighted by Crippen LogP contribution is -2.39. The number of piperidine rings is 1. The highest BCUT2D eigenvalue weighted by atomic mass is 16.3. The van der Waals surface area contributed by atoms with Gasteiger partial charge in [-0.15, -0.1) is 0 Å². The molecule has 3 heteroatoms. The van der Waals surface area contributed by atoms with Crippen LogP contribution in [0.3, 0.4) is 0 Å². The molecule has 1 fully saturated rings. The number of likely N-dealkylation sites (tertiary alicyclic amines) is 1. The summed E-state index contributed by atoms with van der Waals surface area (Å²) in [7, 11) is 2.11. The summed E-state index contributed by atoms with van der Waals surface area (Å²) in [6.07, 6.45) is 2.03. The van der Waals surface area contributed by atoms with Crippen LogP contribution in [0.15, 0.2) is 24.3 Å². The zero-order chi connectivity index (χ0) is 10.8. The average molecular weight is 206 g/mol. The highest BCUT2D eigenvalue weighted by Crippen LogP contribution is 2.30. The Morgan fingerprint density at radius 2 is 2.27 bits per heavy atom. The molecule has 1 saturated heterocycles. The summed E-state index contributed by atoms with van der Waals surface area (Å²) < 4.78 is 0. The Labute approximate surface area is 90.5 Å². The van der Waals surface area contributed by atoms with Gasteiger partial charge in [-0.2, -0.15) is 0 Å². The number of nitrogens with zero attached hydrogens (tertiary/aromatic N) is 1. The minimum Gasteiger partial charge on any atom is -0.508 e. The maximum Gasteiger partial charge on any atom is 0.115 e. The lowest BCUT2D eigenvalue weighted by Gasteiger charge is -2.36. The Kier molecular flexibility index (Phi) is 2.93. The van der Waals surface area contributed by atoms with Crippen molar-refractivity contribution >= 4 is 0 Å². The molecule has 1 aliphatic heterocycles. The standard InChI is InChI=1S/C12H18N2O/c1-14-6-5-10(13)8-12(14)9-3-2-4-11(15)7-9/h2-4,7,10,12,15H,5-6,8,13H2,1H3. The second-order valence-electron chi connectivity index (χ2n) is 4.38. The second-order valence-corrected chi connectivity index (χ2v) is 4.38. The van der Waals surface area contributed by atoms with Crippen molar-refractivity contribution in [3.05, 3.63) is 29.8 Å². The highest BCUT2D eigenvalue weighted by Gasteiger charge is 2.25. The van der Waals surface area contributed by atoms with E-state index in [1.54, 1.807) is 6.07 Å². The Balaban J connectivity index is 2.21. The van der Waals surface area contributed by atoms with Crippen LogP contribution in [0.25, 0.3) is 0 Å².